The van der Waals surface area contributed by atoms with Crippen molar-refractivity contribution >= 4 is 23.4 Å². The molecule has 0 aliphatic heterocycles. The Balaban J connectivity index is 4.23. The third kappa shape index (κ3) is 7.61. The van der Waals surface area contributed by atoms with Crippen molar-refractivity contribution in [3.05, 3.63) is 0 Å². The number of terminal acetylenes is 1. The second-order valence-corrected chi connectivity index (χ2v) is 4.59. The van der Waals surface area contributed by atoms with Crippen LogP contribution in [-0.2, 0) is 14.4 Å². The van der Waals surface area contributed by atoms with Crippen molar-refractivity contribution in [1.29, 1.82) is 0 Å². The lowest BCUT2D eigenvalue weighted by atomic mass is 10.2. The van der Waals surface area contributed by atoms with Gasteiger partial charge in [0.1, 0.15) is 12.4 Å². The van der Waals surface area contributed by atoms with Gasteiger partial charge in [-0.25, -0.2) is 5.48 Å². The highest BCUT2D eigenvalue weighted by Crippen LogP contribution is 2.03. The first-order chi connectivity index (χ1) is 7.80. The van der Waals surface area contributed by atoms with Crippen LogP contribution in [0.1, 0.15) is 20.8 Å². The van der Waals surface area contributed by atoms with Gasteiger partial charge in [-0.05, 0) is 20.8 Å². The Kier molecular flexibility index (Phi) is 6.62. The summed E-state index contributed by atoms with van der Waals surface area (Å²) in [6.45, 7) is 5.23. The lowest BCUT2D eigenvalue weighted by Gasteiger charge is -2.22. The second-order valence-electron chi connectivity index (χ2n) is 4.33. The van der Waals surface area contributed by atoms with Crippen molar-refractivity contribution in [2.45, 2.75) is 26.4 Å². The van der Waals surface area contributed by atoms with E-state index in [4.69, 9.17) is 22.9 Å². The summed E-state index contributed by atoms with van der Waals surface area (Å²) in [5.74, 6) is 1.23. The highest BCUT2D eigenvalue weighted by atomic mass is 35.5. The summed E-state index contributed by atoms with van der Waals surface area (Å²) in [5.41, 5.74) is 1.75. The molecule has 0 rings (SSSR count). The maximum atomic E-state index is 11.5. The van der Waals surface area contributed by atoms with E-state index >= 15 is 0 Å². The van der Waals surface area contributed by atoms with Crippen LogP contribution in [0.2, 0.25) is 0 Å². The zero-order valence-corrected chi connectivity index (χ0v) is 11.0. The molecule has 0 aliphatic carbocycles. The highest BCUT2D eigenvalue weighted by Gasteiger charge is 2.17. The van der Waals surface area contributed by atoms with Gasteiger partial charge in [0.05, 0.1) is 12.1 Å². The number of hydrogen-bond donors (Lipinski definition) is 1. The quantitative estimate of drug-likeness (QED) is 0.446. The number of rotatable bonds is 5. The minimum Gasteiger partial charge on any atom is -0.321 e. The second kappa shape index (κ2) is 7.15. The fraction of sp³-hybridized carbons (Fsp3) is 0.636. The summed E-state index contributed by atoms with van der Waals surface area (Å²) < 4.78 is 0. The fourth-order valence-electron chi connectivity index (χ4n) is 0.843. The molecule has 0 aliphatic rings. The maximum Gasteiger partial charge on any atom is 0.263 e. The van der Waals surface area contributed by atoms with Crippen molar-refractivity contribution in [2.75, 3.05) is 19.0 Å². The largest absolute Gasteiger partial charge is 0.321 e. The van der Waals surface area contributed by atoms with Crippen molar-refractivity contribution in [3.8, 4) is 12.3 Å². The summed E-state index contributed by atoms with van der Waals surface area (Å²) in [6, 6.07) is 0. The molecule has 0 atom stereocenters. The molecule has 0 saturated heterocycles. The molecular formula is C11H17ClN2O3. The Bertz CT molecular complexity index is 318. The molecule has 6 heteroatoms. The molecule has 0 aromatic heterocycles. The molecule has 2 amide bonds. The van der Waals surface area contributed by atoms with E-state index in [1.165, 1.54) is 4.90 Å². The van der Waals surface area contributed by atoms with E-state index in [1.807, 2.05) is 0 Å². The van der Waals surface area contributed by atoms with Crippen molar-refractivity contribution in [1.82, 2.24) is 10.4 Å². The van der Waals surface area contributed by atoms with E-state index in [2.05, 4.69) is 11.4 Å². The van der Waals surface area contributed by atoms with Crippen molar-refractivity contribution in [2.24, 2.45) is 0 Å². The minimum atomic E-state index is -0.497. The summed E-state index contributed by atoms with van der Waals surface area (Å²) in [6.07, 6.45) is 5.09. The van der Waals surface area contributed by atoms with Crippen LogP contribution >= 0.6 is 11.6 Å². The van der Waals surface area contributed by atoms with E-state index in [-0.39, 0.29) is 19.0 Å². The van der Waals surface area contributed by atoms with Crippen LogP contribution in [0.4, 0.5) is 0 Å². The number of nitrogens with zero attached hydrogens (tertiary/aromatic N) is 1. The molecule has 0 fully saturated rings. The van der Waals surface area contributed by atoms with E-state index in [9.17, 15) is 9.59 Å². The smallest absolute Gasteiger partial charge is 0.263 e. The molecule has 0 radical (unpaired) electrons. The number of hydrogen-bond acceptors (Lipinski definition) is 3. The van der Waals surface area contributed by atoms with E-state index in [0.29, 0.717) is 0 Å². The Labute approximate surface area is 106 Å². The van der Waals surface area contributed by atoms with Gasteiger partial charge in [-0.15, -0.1) is 18.0 Å². The zero-order chi connectivity index (χ0) is 13.5. The predicted octanol–water partition coefficient (Wildman–Crippen LogP) is 0.533. The van der Waals surface area contributed by atoms with Crippen molar-refractivity contribution < 1.29 is 14.4 Å². The SMILES string of the molecule is C#CCN(CC(=O)NOC(C)(C)C)C(=O)CCl. The third-order valence-corrected chi connectivity index (χ3v) is 1.78. The molecule has 5 nitrogen and oxygen atoms in total. The lowest BCUT2D eigenvalue weighted by molar-refractivity contribution is -0.149. The summed E-state index contributed by atoms with van der Waals surface area (Å²) >= 11 is 5.39. The van der Waals surface area contributed by atoms with E-state index in [0.717, 1.165) is 0 Å². The summed E-state index contributed by atoms with van der Waals surface area (Å²) in [4.78, 5) is 29.0. The summed E-state index contributed by atoms with van der Waals surface area (Å²) in [7, 11) is 0. The minimum absolute atomic E-state index is 0.0362. The monoisotopic (exact) mass is 260 g/mol. The van der Waals surface area contributed by atoms with Crippen molar-refractivity contribution in [3.63, 3.8) is 0 Å². The molecule has 0 saturated carbocycles. The molecule has 0 aromatic rings. The maximum absolute atomic E-state index is 11.5. The van der Waals surface area contributed by atoms with E-state index in [1.54, 1.807) is 20.8 Å². The van der Waals surface area contributed by atoms with Crippen LogP contribution in [0, 0.1) is 12.3 Å². The van der Waals surface area contributed by atoms with Crippen LogP contribution in [-0.4, -0.2) is 41.3 Å². The average Bonchev–Trinajstić information content (AvgIpc) is 2.24. The number of alkyl halides is 1. The molecule has 0 spiro atoms. The van der Waals surface area contributed by atoms with Gasteiger partial charge in [0, 0.05) is 0 Å². The molecule has 0 bridgehead atoms. The first-order valence-electron chi connectivity index (χ1n) is 5.04. The standard InChI is InChI=1S/C11H17ClN2O3/c1-5-6-14(10(16)7-12)8-9(15)13-17-11(2,3)4/h1H,6-8H2,2-4H3,(H,13,15). The topological polar surface area (TPSA) is 58.6 Å². The zero-order valence-electron chi connectivity index (χ0n) is 10.2. The van der Waals surface area contributed by atoms with Gasteiger partial charge >= 0.3 is 0 Å². The molecule has 0 unspecified atom stereocenters. The number of hydroxylamine groups is 1. The van der Waals surface area contributed by atoms with Gasteiger partial charge in [0.2, 0.25) is 5.91 Å². The highest BCUT2D eigenvalue weighted by molar-refractivity contribution is 6.27. The predicted molar refractivity (Wildman–Crippen MR) is 65.1 cm³/mol. The number of halogens is 1. The van der Waals surface area contributed by atoms with Crippen LogP contribution in [0.15, 0.2) is 0 Å². The Morgan fingerprint density at radius 3 is 2.47 bits per heavy atom. The first-order valence-corrected chi connectivity index (χ1v) is 5.57. The molecule has 0 aromatic carbocycles. The number of nitrogens with one attached hydrogen (secondary N) is 1. The molecule has 96 valence electrons. The van der Waals surface area contributed by atoms with Gasteiger partial charge in [-0.3, -0.25) is 14.4 Å². The van der Waals surface area contributed by atoms with Crippen LogP contribution in [0.5, 0.6) is 0 Å². The fourth-order valence-corrected chi connectivity index (χ4v) is 1.01. The number of carbonyl (C=O) groups is 2. The lowest BCUT2D eigenvalue weighted by Crippen LogP contribution is -2.43. The van der Waals surface area contributed by atoms with Gasteiger partial charge < -0.3 is 4.90 Å². The van der Waals surface area contributed by atoms with Crippen LogP contribution in [0.3, 0.4) is 0 Å². The Morgan fingerprint density at radius 1 is 1.47 bits per heavy atom. The molecule has 1 N–H and O–H groups in total. The number of carbonyl (C=O) groups excluding carboxylic acids is 2. The third-order valence-electron chi connectivity index (χ3n) is 1.55. The first kappa shape index (κ1) is 15.8. The van der Waals surface area contributed by atoms with Gasteiger partial charge in [0.25, 0.3) is 5.91 Å². The molecular weight excluding hydrogens is 244 g/mol. The van der Waals surface area contributed by atoms with E-state index < -0.39 is 17.4 Å². The Morgan fingerprint density at radius 2 is 2.06 bits per heavy atom. The van der Waals surface area contributed by atoms with Gasteiger partial charge in [-0.2, -0.15) is 0 Å². The average molecular weight is 261 g/mol. The molecule has 0 heterocycles. The van der Waals surface area contributed by atoms with Crippen LogP contribution in [0.25, 0.3) is 0 Å². The van der Waals surface area contributed by atoms with Gasteiger partial charge in [0.15, 0.2) is 0 Å². The normalized spacial score (nSPS) is 10.5. The summed E-state index contributed by atoms with van der Waals surface area (Å²) in [5, 5.41) is 0. The van der Waals surface area contributed by atoms with Gasteiger partial charge in [-0.1, -0.05) is 5.92 Å². The number of amides is 2. The van der Waals surface area contributed by atoms with Crippen LogP contribution < -0.4 is 5.48 Å². The molecule has 17 heavy (non-hydrogen) atoms. The Hall–Kier alpha value is -1.25.